The zero-order valence-electron chi connectivity index (χ0n) is 12.3. The van der Waals surface area contributed by atoms with Crippen LogP contribution in [0.3, 0.4) is 0 Å². The molecule has 0 bridgehead atoms. The van der Waals surface area contributed by atoms with Gasteiger partial charge in [-0.25, -0.2) is 0 Å². The number of nitrogens with zero attached hydrogens (tertiary/aromatic N) is 1. The van der Waals surface area contributed by atoms with Crippen molar-refractivity contribution < 1.29 is 9.90 Å². The zero-order valence-corrected chi connectivity index (χ0v) is 12.3. The van der Waals surface area contributed by atoms with Crippen molar-refractivity contribution in [1.82, 2.24) is 4.90 Å². The Labute approximate surface area is 124 Å². The number of phenols is 1. The van der Waals surface area contributed by atoms with Crippen LogP contribution in [0.4, 0.5) is 0 Å². The van der Waals surface area contributed by atoms with Crippen LogP contribution in [-0.4, -0.2) is 23.0 Å². The normalized spacial score (nSPS) is 10.4. The highest BCUT2D eigenvalue weighted by Gasteiger charge is 2.15. The molecule has 0 aliphatic rings. The van der Waals surface area contributed by atoms with E-state index in [9.17, 15) is 9.90 Å². The van der Waals surface area contributed by atoms with Gasteiger partial charge in [-0.15, -0.1) is 0 Å². The van der Waals surface area contributed by atoms with Gasteiger partial charge in [-0.3, -0.25) is 4.79 Å². The van der Waals surface area contributed by atoms with Crippen molar-refractivity contribution >= 4 is 5.91 Å². The molecule has 0 saturated heterocycles. The maximum Gasteiger partial charge on any atom is 0.254 e. The molecule has 0 spiro atoms. The van der Waals surface area contributed by atoms with Gasteiger partial charge in [0, 0.05) is 31.3 Å². The summed E-state index contributed by atoms with van der Waals surface area (Å²) in [6.07, 6.45) is 0. The van der Waals surface area contributed by atoms with Crippen LogP contribution in [-0.2, 0) is 13.1 Å². The van der Waals surface area contributed by atoms with Crippen LogP contribution in [0, 0.1) is 6.92 Å². The third-order valence-corrected chi connectivity index (χ3v) is 3.56. The highest BCUT2D eigenvalue weighted by atomic mass is 16.3. The minimum Gasteiger partial charge on any atom is -0.508 e. The van der Waals surface area contributed by atoms with E-state index in [-0.39, 0.29) is 11.7 Å². The fourth-order valence-electron chi connectivity index (χ4n) is 2.19. The Morgan fingerprint density at radius 2 is 1.76 bits per heavy atom. The number of aromatic hydroxyl groups is 1. The van der Waals surface area contributed by atoms with Gasteiger partial charge >= 0.3 is 0 Å². The van der Waals surface area contributed by atoms with E-state index in [1.165, 1.54) is 0 Å². The van der Waals surface area contributed by atoms with Gasteiger partial charge in [0.05, 0.1) is 0 Å². The number of carbonyl (C=O) groups is 1. The maximum atomic E-state index is 12.4. The van der Waals surface area contributed by atoms with Crippen molar-refractivity contribution in [3.05, 3.63) is 64.7 Å². The highest BCUT2D eigenvalue weighted by molar-refractivity contribution is 5.96. The summed E-state index contributed by atoms with van der Waals surface area (Å²) in [7, 11) is 1.75. The summed E-state index contributed by atoms with van der Waals surface area (Å²) in [5.41, 5.74) is 8.81. The third-order valence-electron chi connectivity index (χ3n) is 3.56. The Morgan fingerprint density at radius 3 is 2.38 bits per heavy atom. The van der Waals surface area contributed by atoms with Gasteiger partial charge in [0.1, 0.15) is 5.75 Å². The molecule has 0 radical (unpaired) electrons. The van der Waals surface area contributed by atoms with Gasteiger partial charge in [0.2, 0.25) is 0 Å². The first kappa shape index (κ1) is 15.1. The molecule has 0 aliphatic heterocycles. The van der Waals surface area contributed by atoms with Crippen LogP contribution in [0.25, 0.3) is 0 Å². The fraction of sp³-hybridized carbons (Fsp3) is 0.235. The molecule has 0 aromatic heterocycles. The first-order valence-corrected chi connectivity index (χ1v) is 6.85. The van der Waals surface area contributed by atoms with E-state index in [1.807, 2.05) is 24.3 Å². The van der Waals surface area contributed by atoms with Gasteiger partial charge in [-0.1, -0.05) is 30.3 Å². The molecule has 3 N–H and O–H groups in total. The first-order chi connectivity index (χ1) is 10.0. The summed E-state index contributed by atoms with van der Waals surface area (Å²) in [6, 6.07) is 12.9. The largest absolute Gasteiger partial charge is 0.508 e. The van der Waals surface area contributed by atoms with Crippen molar-refractivity contribution in [2.45, 2.75) is 20.0 Å². The van der Waals surface area contributed by atoms with E-state index >= 15 is 0 Å². The zero-order chi connectivity index (χ0) is 15.4. The second-order valence-corrected chi connectivity index (χ2v) is 5.13. The van der Waals surface area contributed by atoms with Crippen LogP contribution < -0.4 is 5.73 Å². The number of nitrogens with two attached hydrogens (primary N) is 1. The smallest absolute Gasteiger partial charge is 0.254 e. The van der Waals surface area contributed by atoms with E-state index in [1.54, 1.807) is 37.1 Å². The number of hydrogen-bond acceptors (Lipinski definition) is 3. The third kappa shape index (κ3) is 3.41. The Balaban J connectivity index is 2.13. The molecule has 0 fully saturated rings. The predicted molar refractivity (Wildman–Crippen MR) is 83.0 cm³/mol. The van der Waals surface area contributed by atoms with E-state index in [0.717, 1.165) is 11.1 Å². The molecule has 2 aromatic rings. The SMILES string of the molecule is Cc1c(O)cccc1C(=O)N(C)Cc1ccc(CN)cc1. The lowest BCUT2D eigenvalue weighted by atomic mass is 10.1. The summed E-state index contributed by atoms with van der Waals surface area (Å²) in [4.78, 5) is 14.1. The van der Waals surface area contributed by atoms with Crippen LogP contribution in [0.1, 0.15) is 27.0 Å². The number of benzene rings is 2. The molecule has 110 valence electrons. The topological polar surface area (TPSA) is 66.6 Å². The lowest BCUT2D eigenvalue weighted by Crippen LogP contribution is -2.26. The second kappa shape index (κ2) is 6.41. The fourth-order valence-corrected chi connectivity index (χ4v) is 2.19. The summed E-state index contributed by atoms with van der Waals surface area (Å²) in [5, 5.41) is 9.70. The Morgan fingerprint density at radius 1 is 1.14 bits per heavy atom. The number of amides is 1. The lowest BCUT2D eigenvalue weighted by molar-refractivity contribution is 0.0784. The predicted octanol–water partition coefficient (Wildman–Crippen LogP) is 2.43. The molecule has 1 amide bonds. The molecule has 4 heteroatoms. The van der Waals surface area contributed by atoms with Crippen molar-refractivity contribution in [3.63, 3.8) is 0 Å². The van der Waals surface area contributed by atoms with Crippen molar-refractivity contribution in [2.24, 2.45) is 5.73 Å². The summed E-state index contributed by atoms with van der Waals surface area (Å²) < 4.78 is 0. The molecule has 2 aromatic carbocycles. The van der Waals surface area contributed by atoms with Crippen molar-refractivity contribution in [3.8, 4) is 5.75 Å². The van der Waals surface area contributed by atoms with E-state index in [4.69, 9.17) is 5.73 Å². The van der Waals surface area contributed by atoms with Crippen molar-refractivity contribution in [1.29, 1.82) is 0 Å². The molecule has 0 heterocycles. The molecule has 0 aliphatic carbocycles. The van der Waals surface area contributed by atoms with E-state index in [0.29, 0.717) is 24.2 Å². The second-order valence-electron chi connectivity index (χ2n) is 5.13. The molecule has 4 nitrogen and oxygen atoms in total. The first-order valence-electron chi connectivity index (χ1n) is 6.85. The molecular weight excluding hydrogens is 264 g/mol. The molecule has 0 unspecified atom stereocenters. The number of carbonyl (C=O) groups excluding carboxylic acids is 1. The van der Waals surface area contributed by atoms with Gasteiger partial charge in [-0.2, -0.15) is 0 Å². The molecular formula is C17H20N2O2. The van der Waals surface area contributed by atoms with Gasteiger partial charge < -0.3 is 15.7 Å². The molecule has 21 heavy (non-hydrogen) atoms. The average molecular weight is 284 g/mol. The Bertz CT molecular complexity index is 636. The number of rotatable bonds is 4. The molecule has 0 saturated carbocycles. The Hall–Kier alpha value is -2.33. The van der Waals surface area contributed by atoms with Gasteiger partial charge in [0.25, 0.3) is 5.91 Å². The highest BCUT2D eigenvalue weighted by Crippen LogP contribution is 2.21. The monoisotopic (exact) mass is 284 g/mol. The van der Waals surface area contributed by atoms with Gasteiger partial charge in [0.15, 0.2) is 0 Å². The summed E-state index contributed by atoms with van der Waals surface area (Å²) in [5.74, 6) is 0.0350. The van der Waals surface area contributed by atoms with Crippen LogP contribution in [0.5, 0.6) is 5.75 Å². The van der Waals surface area contributed by atoms with Crippen LogP contribution >= 0.6 is 0 Å². The molecule has 0 atom stereocenters. The van der Waals surface area contributed by atoms with Crippen LogP contribution in [0.2, 0.25) is 0 Å². The standard InChI is InChI=1S/C17H20N2O2/c1-12-15(4-3-5-16(12)20)17(21)19(2)11-14-8-6-13(10-18)7-9-14/h3-9,20H,10-11,18H2,1-2H3. The summed E-state index contributed by atoms with van der Waals surface area (Å²) in [6.45, 7) is 2.77. The van der Waals surface area contributed by atoms with Gasteiger partial charge in [-0.05, 0) is 30.2 Å². The van der Waals surface area contributed by atoms with Crippen molar-refractivity contribution in [2.75, 3.05) is 7.05 Å². The Kier molecular flexibility index (Phi) is 4.60. The quantitative estimate of drug-likeness (QED) is 0.906. The minimum atomic E-state index is -0.105. The molecule has 2 rings (SSSR count). The minimum absolute atomic E-state index is 0.105. The van der Waals surface area contributed by atoms with E-state index in [2.05, 4.69) is 0 Å². The number of phenolic OH excluding ortho intramolecular Hbond substituents is 1. The maximum absolute atomic E-state index is 12.4. The lowest BCUT2D eigenvalue weighted by Gasteiger charge is -2.19. The summed E-state index contributed by atoms with van der Waals surface area (Å²) >= 11 is 0. The average Bonchev–Trinajstić information content (AvgIpc) is 2.50. The number of hydrogen-bond donors (Lipinski definition) is 2. The van der Waals surface area contributed by atoms with E-state index < -0.39 is 0 Å². The van der Waals surface area contributed by atoms with Crippen LogP contribution in [0.15, 0.2) is 42.5 Å².